The molecule has 5 heteroatoms. The molecule has 2 atom stereocenters. The Morgan fingerprint density at radius 2 is 2.00 bits per heavy atom. The number of hydrogen-bond acceptors (Lipinski definition) is 3. The highest BCUT2D eigenvalue weighted by Crippen LogP contribution is 2.45. The van der Waals surface area contributed by atoms with Gasteiger partial charge in [0.15, 0.2) is 10.8 Å². The van der Waals surface area contributed by atoms with Crippen LogP contribution in [0.3, 0.4) is 0 Å². The van der Waals surface area contributed by atoms with Crippen LogP contribution in [0, 0.1) is 0 Å². The summed E-state index contributed by atoms with van der Waals surface area (Å²) in [6.45, 7) is 4.73. The second-order valence-corrected chi connectivity index (χ2v) is 6.67. The van der Waals surface area contributed by atoms with Crippen molar-refractivity contribution in [1.29, 1.82) is 0 Å². The molecule has 0 unspecified atom stereocenters. The minimum absolute atomic E-state index is 0.186. The van der Waals surface area contributed by atoms with Crippen molar-refractivity contribution >= 4 is 23.0 Å². The lowest BCUT2D eigenvalue weighted by Crippen LogP contribution is -2.65. The fourth-order valence-electron chi connectivity index (χ4n) is 3.57. The fraction of sp³-hybridized carbons (Fsp3) is 0.316. The Morgan fingerprint density at radius 3 is 2.75 bits per heavy atom. The number of anilines is 1. The molecule has 0 aromatic heterocycles. The number of nitrogens with zero attached hydrogens (tertiary/aromatic N) is 1. The van der Waals surface area contributed by atoms with Gasteiger partial charge in [0.2, 0.25) is 0 Å². The average molecular weight is 340 g/mol. The third kappa shape index (κ3) is 2.40. The highest BCUT2D eigenvalue weighted by molar-refractivity contribution is 7.80. The van der Waals surface area contributed by atoms with E-state index in [9.17, 15) is 0 Å². The van der Waals surface area contributed by atoms with Crippen LogP contribution in [0.4, 0.5) is 5.69 Å². The Bertz CT molecular complexity index is 777. The smallest absolute Gasteiger partial charge is 0.188 e. The zero-order valence-corrected chi connectivity index (χ0v) is 14.6. The minimum Gasteiger partial charge on any atom is -0.494 e. The summed E-state index contributed by atoms with van der Waals surface area (Å²) in [5.41, 5.74) is 1.66. The van der Waals surface area contributed by atoms with Crippen LogP contribution in [0.2, 0.25) is 0 Å². The molecule has 4 nitrogen and oxygen atoms in total. The first-order chi connectivity index (χ1) is 11.6. The van der Waals surface area contributed by atoms with E-state index < -0.39 is 5.72 Å². The van der Waals surface area contributed by atoms with Crippen LogP contribution in [-0.4, -0.2) is 17.4 Å². The lowest BCUT2D eigenvalue weighted by molar-refractivity contribution is 0.0497. The highest BCUT2D eigenvalue weighted by atomic mass is 32.1. The Labute approximate surface area is 147 Å². The Hall–Kier alpha value is -2.27. The first kappa shape index (κ1) is 15.3. The Kier molecular flexibility index (Phi) is 3.61. The highest BCUT2D eigenvalue weighted by Gasteiger charge is 2.48. The number of rotatable bonds is 3. The average Bonchev–Trinajstić information content (AvgIpc) is 2.56. The maximum atomic E-state index is 6.37. The van der Waals surface area contributed by atoms with E-state index >= 15 is 0 Å². The predicted octanol–water partition coefficient (Wildman–Crippen LogP) is 4.02. The minimum atomic E-state index is -0.505. The van der Waals surface area contributed by atoms with Crippen LogP contribution >= 0.6 is 12.2 Å². The van der Waals surface area contributed by atoms with Gasteiger partial charge in [0.1, 0.15) is 11.5 Å². The van der Waals surface area contributed by atoms with Crippen LogP contribution in [0.5, 0.6) is 11.5 Å². The van der Waals surface area contributed by atoms with E-state index in [-0.39, 0.29) is 6.04 Å². The molecular formula is C19H20N2O2S. The van der Waals surface area contributed by atoms with Crippen molar-refractivity contribution < 1.29 is 9.47 Å². The van der Waals surface area contributed by atoms with E-state index in [0.717, 1.165) is 23.6 Å². The molecule has 2 aliphatic rings. The molecule has 0 spiro atoms. The van der Waals surface area contributed by atoms with Crippen molar-refractivity contribution in [2.24, 2.45) is 0 Å². The molecule has 2 heterocycles. The van der Waals surface area contributed by atoms with E-state index in [0.29, 0.717) is 11.7 Å². The van der Waals surface area contributed by atoms with Crippen molar-refractivity contribution in [3.63, 3.8) is 0 Å². The van der Waals surface area contributed by atoms with Crippen molar-refractivity contribution in [2.45, 2.75) is 32.0 Å². The van der Waals surface area contributed by atoms with Gasteiger partial charge in [0.25, 0.3) is 0 Å². The second-order valence-electron chi connectivity index (χ2n) is 6.28. The van der Waals surface area contributed by atoms with Crippen molar-refractivity contribution in [3.05, 3.63) is 54.1 Å². The van der Waals surface area contributed by atoms with Crippen LogP contribution in [0.25, 0.3) is 0 Å². The third-order valence-corrected chi connectivity index (χ3v) is 4.89. The summed E-state index contributed by atoms with van der Waals surface area (Å²) in [6, 6.07) is 16.3. The maximum absolute atomic E-state index is 6.37. The van der Waals surface area contributed by atoms with Crippen LogP contribution in [0.15, 0.2) is 48.5 Å². The molecular weight excluding hydrogens is 320 g/mol. The van der Waals surface area contributed by atoms with E-state index in [4.69, 9.17) is 21.7 Å². The summed E-state index contributed by atoms with van der Waals surface area (Å²) in [6.07, 6.45) is 0.831. The van der Waals surface area contributed by atoms with Gasteiger partial charge < -0.3 is 14.8 Å². The molecule has 2 aromatic carbocycles. The number of hydrogen-bond donors (Lipinski definition) is 1. The molecule has 1 fully saturated rings. The van der Waals surface area contributed by atoms with E-state index in [1.54, 1.807) is 0 Å². The van der Waals surface area contributed by atoms with Gasteiger partial charge >= 0.3 is 0 Å². The van der Waals surface area contributed by atoms with Gasteiger partial charge in [0.05, 0.1) is 12.6 Å². The number of benzene rings is 2. The third-order valence-electron chi connectivity index (χ3n) is 4.59. The molecule has 4 rings (SSSR count). The van der Waals surface area contributed by atoms with Gasteiger partial charge in [-0.05, 0) is 56.4 Å². The van der Waals surface area contributed by atoms with E-state index in [1.807, 2.05) is 49.4 Å². The van der Waals surface area contributed by atoms with Crippen molar-refractivity contribution in [2.75, 3.05) is 11.5 Å². The van der Waals surface area contributed by atoms with Gasteiger partial charge in [-0.25, -0.2) is 0 Å². The van der Waals surface area contributed by atoms with Gasteiger partial charge in [-0.15, -0.1) is 0 Å². The van der Waals surface area contributed by atoms with Crippen molar-refractivity contribution in [3.8, 4) is 11.5 Å². The van der Waals surface area contributed by atoms with Crippen molar-refractivity contribution in [1.82, 2.24) is 5.32 Å². The summed E-state index contributed by atoms with van der Waals surface area (Å²) < 4.78 is 11.9. The van der Waals surface area contributed by atoms with Crippen LogP contribution < -0.4 is 19.7 Å². The summed E-state index contributed by atoms with van der Waals surface area (Å²) in [5, 5.41) is 4.15. The van der Waals surface area contributed by atoms with Gasteiger partial charge in [0, 0.05) is 17.7 Å². The van der Waals surface area contributed by atoms with E-state index in [2.05, 4.69) is 23.2 Å². The lowest BCUT2D eigenvalue weighted by Gasteiger charge is -2.52. The number of para-hydroxylation sites is 1. The van der Waals surface area contributed by atoms with E-state index in [1.165, 1.54) is 5.56 Å². The van der Waals surface area contributed by atoms with Gasteiger partial charge in [-0.3, -0.25) is 4.90 Å². The number of nitrogens with one attached hydrogen (secondary N) is 1. The van der Waals surface area contributed by atoms with Crippen LogP contribution in [-0.2, 0) is 0 Å². The molecule has 2 aliphatic heterocycles. The summed E-state index contributed by atoms with van der Waals surface area (Å²) >= 11 is 5.65. The molecule has 2 aromatic rings. The normalized spacial score (nSPS) is 24.7. The SMILES string of the molecule is CCOc1ccc(N2C(=S)N[C@H]3C[C@@]2(C)Oc2ccccc23)cc1. The first-order valence-electron chi connectivity index (χ1n) is 8.22. The first-order valence-corrected chi connectivity index (χ1v) is 8.63. The molecule has 0 saturated carbocycles. The zero-order valence-electron chi connectivity index (χ0n) is 13.8. The molecule has 1 saturated heterocycles. The molecule has 0 aliphatic carbocycles. The van der Waals surface area contributed by atoms with Crippen LogP contribution in [0.1, 0.15) is 31.9 Å². The Morgan fingerprint density at radius 1 is 1.25 bits per heavy atom. The molecule has 24 heavy (non-hydrogen) atoms. The molecule has 124 valence electrons. The zero-order chi connectivity index (χ0) is 16.7. The predicted molar refractivity (Wildman–Crippen MR) is 98.7 cm³/mol. The van der Waals surface area contributed by atoms with Gasteiger partial charge in [-0.1, -0.05) is 18.2 Å². The topological polar surface area (TPSA) is 33.7 Å². The number of ether oxygens (including phenoxy) is 2. The molecule has 0 radical (unpaired) electrons. The maximum Gasteiger partial charge on any atom is 0.188 e. The number of fused-ring (bicyclic) bond motifs is 4. The fourth-order valence-corrected chi connectivity index (χ4v) is 4.01. The monoisotopic (exact) mass is 340 g/mol. The number of thiocarbonyl (C=S) groups is 1. The lowest BCUT2D eigenvalue weighted by atomic mass is 9.90. The van der Waals surface area contributed by atoms with Gasteiger partial charge in [-0.2, -0.15) is 0 Å². The standard InChI is InChI=1S/C19H20N2O2S/c1-3-22-14-10-8-13(9-11-14)21-18(24)20-16-12-19(21,2)23-17-7-5-4-6-15(16)17/h4-11,16H,3,12H2,1-2H3,(H,20,24)/t16-,19+/m0/s1. The summed E-state index contributed by atoms with van der Waals surface area (Å²) in [7, 11) is 0. The molecule has 1 N–H and O–H groups in total. The second kappa shape index (κ2) is 5.67. The summed E-state index contributed by atoms with van der Waals surface area (Å²) in [5.74, 6) is 1.78. The largest absolute Gasteiger partial charge is 0.494 e. The summed E-state index contributed by atoms with van der Waals surface area (Å²) in [4.78, 5) is 2.06. The Balaban J connectivity index is 1.71. The molecule has 0 amide bonds. The quantitative estimate of drug-likeness (QED) is 0.854. The molecule has 2 bridgehead atoms.